The molecule has 1 fully saturated rings. The van der Waals surface area contributed by atoms with Gasteiger partial charge in [-0.05, 0) is 44.0 Å². The zero-order valence-corrected chi connectivity index (χ0v) is 13.4. The van der Waals surface area contributed by atoms with Gasteiger partial charge in [-0.25, -0.2) is 4.39 Å². The molecule has 3 nitrogen and oxygen atoms in total. The van der Waals surface area contributed by atoms with Gasteiger partial charge >= 0.3 is 0 Å². The number of nitrogens with one attached hydrogen (secondary N) is 2. The van der Waals surface area contributed by atoms with Crippen molar-refractivity contribution in [3.8, 4) is 0 Å². The van der Waals surface area contributed by atoms with Gasteiger partial charge in [0.05, 0.1) is 4.88 Å². The van der Waals surface area contributed by atoms with Crippen molar-refractivity contribution < 1.29 is 9.18 Å². The molecular formula is C15H18ClFN2OS. The highest BCUT2D eigenvalue weighted by atomic mass is 35.5. The smallest absolute Gasteiger partial charge is 0.261 e. The maximum Gasteiger partial charge on any atom is 0.261 e. The van der Waals surface area contributed by atoms with Crippen LogP contribution >= 0.6 is 23.7 Å². The van der Waals surface area contributed by atoms with Gasteiger partial charge in [-0.3, -0.25) is 4.79 Å². The lowest BCUT2D eigenvalue weighted by molar-refractivity contribution is 0.0934. The molecule has 21 heavy (non-hydrogen) atoms. The standard InChI is InChI=1S/C15H17FN2OS.ClH/c1-9-13-11(16)5-2-6-12(13)20-14(9)15(19)18-10-4-3-7-17-8-10;/h2,5-6,10,17H,3-4,7-8H2,1H3,(H,18,19);1H. The molecule has 0 saturated carbocycles. The summed E-state index contributed by atoms with van der Waals surface area (Å²) in [5, 5.41) is 6.89. The first-order chi connectivity index (χ1) is 9.66. The summed E-state index contributed by atoms with van der Waals surface area (Å²) in [7, 11) is 0. The Morgan fingerprint density at radius 3 is 2.95 bits per heavy atom. The number of halogens is 2. The molecule has 1 aromatic heterocycles. The van der Waals surface area contributed by atoms with E-state index in [1.54, 1.807) is 6.07 Å². The number of rotatable bonds is 2. The van der Waals surface area contributed by atoms with Crippen molar-refractivity contribution in [3.05, 3.63) is 34.5 Å². The molecule has 1 saturated heterocycles. The van der Waals surface area contributed by atoms with E-state index in [0.29, 0.717) is 10.3 Å². The number of carbonyl (C=O) groups excluding carboxylic acids is 1. The molecule has 2 aromatic rings. The lowest BCUT2D eigenvalue weighted by Gasteiger charge is -2.23. The molecule has 3 rings (SSSR count). The number of thiophene rings is 1. The zero-order chi connectivity index (χ0) is 14.1. The summed E-state index contributed by atoms with van der Waals surface area (Å²) in [6.07, 6.45) is 2.07. The lowest BCUT2D eigenvalue weighted by atomic mass is 10.1. The molecule has 0 radical (unpaired) electrons. The molecule has 2 heterocycles. The van der Waals surface area contributed by atoms with Gasteiger partial charge in [0.25, 0.3) is 5.91 Å². The quantitative estimate of drug-likeness (QED) is 0.888. The summed E-state index contributed by atoms with van der Waals surface area (Å²) < 4.78 is 14.7. The van der Waals surface area contributed by atoms with Gasteiger partial charge in [0.2, 0.25) is 0 Å². The predicted octanol–water partition coefficient (Wildman–Crippen LogP) is 3.25. The Morgan fingerprint density at radius 1 is 1.48 bits per heavy atom. The van der Waals surface area contributed by atoms with Crippen molar-refractivity contribution in [2.45, 2.75) is 25.8 Å². The Morgan fingerprint density at radius 2 is 2.29 bits per heavy atom. The fourth-order valence-corrected chi connectivity index (χ4v) is 3.82. The second kappa shape index (κ2) is 6.73. The SMILES string of the molecule is Cc1c(C(=O)NC2CCCNC2)sc2cccc(F)c12.Cl. The molecule has 1 aliphatic rings. The van der Waals surface area contributed by atoms with E-state index in [9.17, 15) is 9.18 Å². The number of hydrogen-bond acceptors (Lipinski definition) is 3. The summed E-state index contributed by atoms with van der Waals surface area (Å²) in [4.78, 5) is 13.0. The third-order valence-corrected chi connectivity index (χ3v) is 5.00. The van der Waals surface area contributed by atoms with Crippen LogP contribution in [0.15, 0.2) is 18.2 Å². The molecule has 0 aliphatic carbocycles. The van der Waals surface area contributed by atoms with Crippen LogP contribution in [0.1, 0.15) is 28.1 Å². The highest BCUT2D eigenvalue weighted by molar-refractivity contribution is 7.21. The first-order valence-corrected chi connectivity index (χ1v) is 7.67. The Labute approximate surface area is 133 Å². The summed E-state index contributed by atoms with van der Waals surface area (Å²) in [6, 6.07) is 5.15. The second-order valence-electron chi connectivity index (χ2n) is 5.19. The lowest BCUT2D eigenvalue weighted by Crippen LogP contribution is -2.45. The molecule has 1 atom stereocenters. The van der Waals surface area contributed by atoms with E-state index < -0.39 is 0 Å². The van der Waals surface area contributed by atoms with Gasteiger partial charge in [-0.1, -0.05) is 6.07 Å². The largest absolute Gasteiger partial charge is 0.347 e. The van der Waals surface area contributed by atoms with Crippen molar-refractivity contribution >= 4 is 39.7 Å². The van der Waals surface area contributed by atoms with Crippen molar-refractivity contribution in [3.63, 3.8) is 0 Å². The van der Waals surface area contributed by atoms with E-state index in [-0.39, 0.29) is 30.2 Å². The van der Waals surface area contributed by atoms with E-state index in [1.165, 1.54) is 17.4 Å². The van der Waals surface area contributed by atoms with Crippen LogP contribution in [0.25, 0.3) is 10.1 Å². The topological polar surface area (TPSA) is 41.1 Å². The minimum absolute atomic E-state index is 0. The number of fused-ring (bicyclic) bond motifs is 1. The fourth-order valence-electron chi connectivity index (χ4n) is 2.70. The van der Waals surface area contributed by atoms with Crippen molar-refractivity contribution in [1.82, 2.24) is 10.6 Å². The van der Waals surface area contributed by atoms with Crippen LogP contribution in [0.4, 0.5) is 4.39 Å². The van der Waals surface area contributed by atoms with E-state index in [1.807, 2.05) is 13.0 Å². The summed E-state index contributed by atoms with van der Waals surface area (Å²) >= 11 is 1.36. The molecule has 2 N–H and O–H groups in total. The van der Waals surface area contributed by atoms with Crippen LogP contribution < -0.4 is 10.6 Å². The third-order valence-electron chi connectivity index (χ3n) is 3.74. The highest BCUT2D eigenvalue weighted by Crippen LogP contribution is 2.32. The highest BCUT2D eigenvalue weighted by Gasteiger charge is 2.21. The monoisotopic (exact) mass is 328 g/mol. The van der Waals surface area contributed by atoms with Crippen LogP contribution in [-0.4, -0.2) is 25.0 Å². The van der Waals surface area contributed by atoms with Crippen molar-refractivity contribution in [1.29, 1.82) is 0 Å². The van der Waals surface area contributed by atoms with Crippen LogP contribution in [-0.2, 0) is 0 Å². The van der Waals surface area contributed by atoms with E-state index in [4.69, 9.17) is 0 Å². The fraction of sp³-hybridized carbons (Fsp3) is 0.400. The van der Waals surface area contributed by atoms with Crippen molar-refractivity contribution in [2.24, 2.45) is 0 Å². The maximum atomic E-state index is 13.8. The van der Waals surface area contributed by atoms with Gasteiger partial charge in [0, 0.05) is 22.7 Å². The number of carbonyl (C=O) groups is 1. The summed E-state index contributed by atoms with van der Waals surface area (Å²) in [5.41, 5.74) is 0.740. The van der Waals surface area contributed by atoms with Crippen LogP contribution in [0.2, 0.25) is 0 Å². The Bertz CT molecular complexity index is 652. The average molecular weight is 329 g/mol. The van der Waals surface area contributed by atoms with Crippen LogP contribution in [0.3, 0.4) is 0 Å². The number of benzene rings is 1. The molecule has 114 valence electrons. The number of piperidine rings is 1. The van der Waals surface area contributed by atoms with E-state index in [0.717, 1.165) is 36.2 Å². The first-order valence-electron chi connectivity index (χ1n) is 6.86. The maximum absolute atomic E-state index is 13.8. The van der Waals surface area contributed by atoms with Gasteiger partial charge in [0.15, 0.2) is 0 Å². The first kappa shape index (κ1) is 16.2. The normalized spacial score (nSPS) is 18.3. The van der Waals surface area contributed by atoms with Crippen LogP contribution in [0, 0.1) is 12.7 Å². The van der Waals surface area contributed by atoms with E-state index in [2.05, 4.69) is 10.6 Å². The molecule has 0 spiro atoms. The second-order valence-corrected chi connectivity index (χ2v) is 6.24. The van der Waals surface area contributed by atoms with Gasteiger partial charge in [0.1, 0.15) is 5.82 Å². The zero-order valence-electron chi connectivity index (χ0n) is 11.7. The number of hydrogen-bond donors (Lipinski definition) is 2. The number of aryl methyl sites for hydroxylation is 1. The summed E-state index contributed by atoms with van der Waals surface area (Å²) in [5.74, 6) is -0.341. The average Bonchev–Trinajstić information content (AvgIpc) is 2.79. The minimum atomic E-state index is -0.255. The molecule has 1 amide bonds. The molecule has 1 aliphatic heterocycles. The van der Waals surface area contributed by atoms with Gasteiger partial charge < -0.3 is 10.6 Å². The molecule has 6 heteroatoms. The van der Waals surface area contributed by atoms with E-state index >= 15 is 0 Å². The molecule has 1 aromatic carbocycles. The number of amides is 1. The third kappa shape index (κ3) is 3.20. The predicted molar refractivity (Wildman–Crippen MR) is 87.1 cm³/mol. The summed E-state index contributed by atoms with van der Waals surface area (Å²) in [6.45, 7) is 3.64. The molecular weight excluding hydrogens is 311 g/mol. The Kier molecular flexibility index (Phi) is 5.19. The Balaban J connectivity index is 0.00000161. The van der Waals surface area contributed by atoms with Crippen LogP contribution in [0.5, 0.6) is 0 Å². The Hall–Kier alpha value is -1.17. The van der Waals surface area contributed by atoms with Gasteiger partial charge in [-0.15, -0.1) is 23.7 Å². The van der Waals surface area contributed by atoms with Crippen molar-refractivity contribution in [2.75, 3.05) is 13.1 Å². The molecule has 1 unspecified atom stereocenters. The van der Waals surface area contributed by atoms with Gasteiger partial charge in [-0.2, -0.15) is 0 Å². The minimum Gasteiger partial charge on any atom is -0.347 e. The molecule has 0 bridgehead atoms.